The minimum absolute atomic E-state index is 0.0133. The van der Waals surface area contributed by atoms with E-state index in [1.165, 1.54) is 6.08 Å². The highest BCUT2D eigenvalue weighted by Crippen LogP contribution is 2.71. The summed E-state index contributed by atoms with van der Waals surface area (Å²) in [5.41, 5.74) is -0.567. The molecule has 0 aromatic heterocycles. The summed E-state index contributed by atoms with van der Waals surface area (Å²) in [6.07, 6.45) is 4.08. The summed E-state index contributed by atoms with van der Waals surface area (Å²) >= 11 is 0. The summed E-state index contributed by atoms with van der Waals surface area (Å²) < 4.78 is 25.5. The molecule has 0 amide bonds. The van der Waals surface area contributed by atoms with Gasteiger partial charge in [0.1, 0.15) is 11.7 Å². The van der Waals surface area contributed by atoms with Crippen molar-refractivity contribution in [2.24, 2.45) is 28.6 Å². The fourth-order valence-corrected chi connectivity index (χ4v) is 8.35. The lowest BCUT2D eigenvalue weighted by molar-refractivity contribution is -0.273. The molecule has 2 saturated carbocycles. The van der Waals surface area contributed by atoms with Gasteiger partial charge in [0.25, 0.3) is 0 Å². The lowest BCUT2D eigenvalue weighted by atomic mass is 9.41. The molecular weight excluding hydrogens is 460 g/mol. The number of hydrogen-bond donors (Lipinski definition) is 2. The second-order valence-corrected chi connectivity index (χ2v) is 12.0. The van der Waals surface area contributed by atoms with E-state index in [9.17, 15) is 15.0 Å². The predicted molar refractivity (Wildman–Crippen MR) is 131 cm³/mol. The van der Waals surface area contributed by atoms with Crippen LogP contribution in [0, 0.1) is 28.6 Å². The molecule has 196 valence electrons. The second-order valence-electron chi connectivity index (χ2n) is 12.0. The molecule has 7 heteroatoms. The molecule has 0 unspecified atom stereocenters. The van der Waals surface area contributed by atoms with E-state index in [-0.39, 0.29) is 42.9 Å². The predicted octanol–water partition coefficient (Wildman–Crippen LogP) is 3.33. The largest absolute Gasteiger partial charge is 0.456 e. The van der Waals surface area contributed by atoms with Crippen molar-refractivity contribution >= 4 is 12.0 Å². The minimum atomic E-state index is -0.873. The maximum absolute atomic E-state index is 13.1. The molecule has 1 aromatic carbocycles. The van der Waals surface area contributed by atoms with Gasteiger partial charge in [-0.3, -0.25) is 0 Å². The van der Waals surface area contributed by atoms with Crippen LogP contribution in [-0.2, 0) is 23.7 Å². The third-order valence-electron chi connectivity index (χ3n) is 10.5. The fourth-order valence-electron chi connectivity index (χ4n) is 8.35. The van der Waals surface area contributed by atoms with Gasteiger partial charge in [-0.25, -0.2) is 4.79 Å². The van der Waals surface area contributed by atoms with Crippen molar-refractivity contribution < 1.29 is 34.0 Å². The Labute approximate surface area is 212 Å². The first-order valence-electron chi connectivity index (χ1n) is 13.4. The smallest absolute Gasteiger partial charge is 0.331 e. The second kappa shape index (κ2) is 8.63. The van der Waals surface area contributed by atoms with Gasteiger partial charge in [0, 0.05) is 35.3 Å². The monoisotopic (exact) mass is 498 g/mol. The van der Waals surface area contributed by atoms with Gasteiger partial charge in [-0.15, -0.1) is 0 Å². The zero-order valence-corrected chi connectivity index (χ0v) is 21.3. The van der Waals surface area contributed by atoms with Gasteiger partial charge >= 0.3 is 5.97 Å². The molecule has 5 aliphatic rings. The fraction of sp³-hybridized carbons (Fsp3) is 0.690. The van der Waals surface area contributed by atoms with Crippen LogP contribution >= 0.6 is 0 Å². The molecule has 0 radical (unpaired) electrons. The first-order valence-corrected chi connectivity index (χ1v) is 13.4. The number of carbonyl (C=O) groups is 1. The molecule has 5 fully saturated rings. The SMILES string of the molecule is C[C@@H]1[C@@H](O)[C@H](OC(=O)/C=C/c2ccccc2)[C@]2(C)[C@@H]3[C@@H](CC[C@]24CO4)O[C@@H]2O[C@@H](C[C@H]2CCO)[C@@]13C. The summed E-state index contributed by atoms with van der Waals surface area (Å²) in [7, 11) is 0. The number of hydrogen-bond acceptors (Lipinski definition) is 7. The van der Waals surface area contributed by atoms with Crippen LogP contribution in [0.1, 0.15) is 52.0 Å². The average molecular weight is 499 g/mol. The van der Waals surface area contributed by atoms with Crippen LogP contribution in [0.3, 0.4) is 0 Å². The van der Waals surface area contributed by atoms with Crippen LogP contribution in [0.15, 0.2) is 36.4 Å². The number of ether oxygens (including phenoxy) is 4. The summed E-state index contributed by atoms with van der Waals surface area (Å²) in [6.45, 7) is 7.12. The van der Waals surface area contributed by atoms with E-state index < -0.39 is 34.6 Å². The van der Waals surface area contributed by atoms with E-state index in [0.717, 1.165) is 24.8 Å². The highest BCUT2D eigenvalue weighted by molar-refractivity contribution is 5.87. The zero-order chi connectivity index (χ0) is 25.3. The number of carbonyl (C=O) groups excluding carboxylic acids is 1. The molecule has 11 atom stereocenters. The van der Waals surface area contributed by atoms with Gasteiger partial charge in [-0.2, -0.15) is 0 Å². The van der Waals surface area contributed by atoms with E-state index in [0.29, 0.717) is 13.0 Å². The minimum Gasteiger partial charge on any atom is -0.456 e. The van der Waals surface area contributed by atoms with E-state index in [1.54, 1.807) is 6.08 Å². The number of aliphatic hydroxyl groups is 2. The van der Waals surface area contributed by atoms with Crippen LogP contribution in [0.25, 0.3) is 6.08 Å². The molecule has 2 aliphatic carbocycles. The standard InChI is InChI=1S/C29H38O7/c1-17-23(32)25(36-22(31)10-9-18-7-5-4-6-8-18)28(3)24-20(11-13-29(28)16-33-29)34-26-19(12-14-30)15-21(35-26)27(17,24)2/h4-10,17,19-21,23-26,30,32H,11-16H2,1-3H3/b10-9+/t17-,19-,20-,21+,23-,24-,25+,26-,27-,28+,29+/m1/s1. The highest BCUT2D eigenvalue weighted by Gasteiger charge is 2.79. The van der Waals surface area contributed by atoms with Crippen molar-refractivity contribution in [1.29, 1.82) is 0 Å². The Morgan fingerprint density at radius 2 is 1.97 bits per heavy atom. The zero-order valence-electron chi connectivity index (χ0n) is 21.3. The first kappa shape index (κ1) is 24.6. The Kier molecular flexibility index (Phi) is 5.89. The van der Waals surface area contributed by atoms with Crippen LogP contribution in [0.4, 0.5) is 0 Å². The molecule has 2 bridgehead atoms. The number of benzene rings is 1. The lowest BCUT2D eigenvalue weighted by Crippen LogP contribution is -2.73. The van der Waals surface area contributed by atoms with Crippen LogP contribution in [0.5, 0.6) is 0 Å². The molecule has 6 rings (SSSR count). The third-order valence-corrected chi connectivity index (χ3v) is 10.5. The van der Waals surface area contributed by atoms with Crippen LogP contribution in [0.2, 0.25) is 0 Å². The van der Waals surface area contributed by atoms with Gasteiger partial charge in [-0.1, -0.05) is 51.1 Å². The highest BCUT2D eigenvalue weighted by atomic mass is 16.7. The first-order chi connectivity index (χ1) is 17.2. The van der Waals surface area contributed by atoms with E-state index in [2.05, 4.69) is 20.8 Å². The Morgan fingerprint density at radius 1 is 1.22 bits per heavy atom. The van der Waals surface area contributed by atoms with Crippen molar-refractivity contribution in [2.45, 2.75) is 82.8 Å². The molecule has 7 nitrogen and oxygen atoms in total. The third kappa shape index (κ3) is 3.39. The molecule has 36 heavy (non-hydrogen) atoms. The lowest BCUT2D eigenvalue weighted by Gasteiger charge is -2.65. The number of fused-ring (bicyclic) bond motifs is 4. The molecule has 2 N–H and O–H groups in total. The summed E-state index contributed by atoms with van der Waals surface area (Å²) in [4.78, 5) is 13.1. The normalized spacial score (nSPS) is 49.0. The van der Waals surface area contributed by atoms with Crippen molar-refractivity contribution in [2.75, 3.05) is 13.2 Å². The van der Waals surface area contributed by atoms with Gasteiger partial charge < -0.3 is 29.2 Å². The topological polar surface area (TPSA) is 97.8 Å². The van der Waals surface area contributed by atoms with Crippen molar-refractivity contribution in [3.05, 3.63) is 42.0 Å². The Hall–Kier alpha value is -1.77. The maximum atomic E-state index is 13.1. The number of epoxide rings is 1. The van der Waals surface area contributed by atoms with E-state index in [4.69, 9.17) is 18.9 Å². The van der Waals surface area contributed by atoms with Crippen LogP contribution in [-0.4, -0.2) is 65.7 Å². The summed E-state index contributed by atoms with van der Waals surface area (Å²) in [6, 6.07) is 9.62. The van der Waals surface area contributed by atoms with Gasteiger partial charge in [0.15, 0.2) is 6.29 Å². The molecule has 1 aromatic rings. The summed E-state index contributed by atoms with van der Waals surface area (Å²) in [5.74, 6) is -0.531. The quantitative estimate of drug-likeness (QED) is 0.365. The summed E-state index contributed by atoms with van der Waals surface area (Å²) in [5, 5.41) is 21.4. The molecule has 3 aliphatic heterocycles. The van der Waals surface area contributed by atoms with Gasteiger partial charge in [-0.05, 0) is 43.2 Å². The van der Waals surface area contributed by atoms with E-state index in [1.807, 2.05) is 30.3 Å². The molecular formula is C29H38O7. The van der Waals surface area contributed by atoms with Crippen LogP contribution < -0.4 is 0 Å². The Balaban J connectivity index is 1.36. The number of esters is 1. The number of rotatable bonds is 5. The molecule has 1 spiro atoms. The molecule has 3 saturated heterocycles. The average Bonchev–Trinajstić information content (AvgIpc) is 3.58. The van der Waals surface area contributed by atoms with Crippen molar-refractivity contribution in [3.63, 3.8) is 0 Å². The number of aliphatic hydroxyl groups excluding tert-OH is 2. The van der Waals surface area contributed by atoms with Gasteiger partial charge in [0.05, 0.1) is 24.9 Å². The van der Waals surface area contributed by atoms with Crippen molar-refractivity contribution in [1.82, 2.24) is 0 Å². The Bertz CT molecular complexity index is 1020. The molecule has 3 heterocycles. The maximum Gasteiger partial charge on any atom is 0.331 e. The van der Waals surface area contributed by atoms with Gasteiger partial charge in [0.2, 0.25) is 0 Å². The Morgan fingerprint density at radius 3 is 2.67 bits per heavy atom. The van der Waals surface area contributed by atoms with E-state index >= 15 is 0 Å². The van der Waals surface area contributed by atoms with Crippen molar-refractivity contribution in [3.8, 4) is 0 Å².